The van der Waals surface area contributed by atoms with Gasteiger partial charge in [-0.05, 0) is 17.0 Å². The highest BCUT2D eigenvalue weighted by molar-refractivity contribution is 5.95. The number of para-hydroxylation sites is 1. The summed E-state index contributed by atoms with van der Waals surface area (Å²) in [5, 5.41) is 12.5. The first-order valence-electron chi connectivity index (χ1n) is 9.13. The first kappa shape index (κ1) is 20.4. The molecule has 1 atom stereocenters. The van der Waals surface area contributed by atoms with E-state index in [0.29, 0.717) is 17.9 Å². The van der Waals surface area contributed by atoms with E-state index in [2.05, 4.69) is 20.0 Å². The predicted molar refractivity (Wildman–Crippen MR) is 105 cm³/mol. The van der Waals surface area contributed by atoms with Crippen LogP contribution in [0.2, 0.25) is 0 Å². The Labute approximate surface area is 168 Å². The molecule has 0 aliphatic carbocycles. The molecule has 0 saturated heterocycles. The van der Waals surface area contributed by atoms with Gasteiger partial charge in [-0.1, -0.05) is 39.0 Å². The number of nitrogens with zero attached hydrogens (tertiary/aromatic N) is 2. The number of benzene rings is 1. The molecule has 1 unspecified atom stereocenters. The van der Waals surface area contributed by atoms with E-state index >= 15 is 0 Å². The fourth-order valence-electron chi connectivity index (χ4n) is 3.82. The van der Waals surface area contributed by atoms with Crippen molar-refractivity contribution in [2.75, 3.05) is 18.6 Å². The van der Waals surface area contributed by atoms with E-state index in [-0.39, 0.29) is 12.2 Å². The van der Waals surface area contributed by atoms with E-state index < -0.39 is 28.9 Å². The molecule has 9 heteroatoms. The van der Waals surface area contributed by atoms with Gasteiger partial charge in [0.25, 0.3) is 5.91 Å². The number of hydrogen-bond acceptors (Lipinski definition) is 5. The van der Waals surface area contributed by atoms with Crippen LogP contribution < -0.4 is 10.2 Å². The second-order valence-electron chi connectivity index (χ2n) is 7.94. The smallest absolute Gasteiger partial charge is 0.412 e. The summed E-state index contributed by atoms with van der Waals surface area (Å²) in [6.07, 6.45) is 0.659. The quantitative estimate of drug-likeness (QED) is 0.677. The van der Waals surface area contributed by atoms with Crippen molar-refractivity contribution in [2.24, 2.45) is 5.41 Å². The number of amides is 2. The van der Waals surface area contributed by atoms with Gasteiger partial charge in [-0.25, -0.2) is 9.78 Å². The molecule has 0 spiro atoms. The SMILES string of the molecule is COC(=O)CNC(=O)c1cnc(C2(C(C)(C)C)Cc3ccccc3N2C(=O)O)[nH]1. The molecule has 2 amide bonds. The van der Waals surface area contributed by atoms with Crippen LogP contribution >= 0.6 is 0 Å². The summed E-state index contributed by atoms with van der Waals surface area (Å²) < 4.78 is 4.51. The fourth-order valence-corrected chi connectivity index (χ4v) is 3.82. The molecule has 2 heterocycles. The number of imidazole rings is 1. The standard InChI is InChI=1S/C20H24N4O5/c1-19(2,3)20(9-12-7-5-6-8-14(12)24(20)18(27)28)17-22-10-13(23-17)16(26)21-11-15(25)29-4/h5-8,10H,9,11H2,1-4H3,(H,21,26)(H,22,23)(H,27,28). The Balaban J connectivity index is 2.04. The van der Waals surface area contributed by atoms with Crippen LogP contribution in [0.15, 0.2) is 30.5 Å². The Hall–Kier alpha value is -3.36. The lowest BCUT2D eigenvalue weighted by atomic mass is 9.70. The van der Waals surface area contributed by atoms with Gasteiger partial charge in [0.05, 0.1) is 19.0 Å². The van der Waals surface area contributed by atoms with E-state index in [0.717, 1.165) is 5.56 Å². The van der Waals surface area contributed by atoms with Gasteiger partial charge in [0.2, 0.25) is 0 Å². The van der Waals surface area contributed by atoms with E-state index in [1.54, 1.807) is 12.1 Å². The van der Waals surface area contributed by atoms with Crippen molar-refractivity contribution in [3.63, 3.8) is 0 Å². The van der Waals surface area contributed by atoms with Crippen molar-refractivity contribution in [3.05, 3.63) is 47.5 Å². The summed E-state index contributed by atoms with van der Waals surface area (Å²) in [6.45, 7) is 5.54. The van der Waals surface area contributed by atoms with Crippen LogP contribution in [0, 0.1) is 5.41 Å². The number of hydrogen-bond donors (Lipinski definition) is 3. The minimum Gasteiger partial charge on any atom is -0.468 e. The summed E-state index contributed by atoms with van der Waals surface area (Å²) in [7, 11) is 1.23. The van der Waals surface area contributed by atoms with Crippen LogP contribution in [-0.2, 0) is 21.5 Å². The topological polar surface area (TPSA) is 125 Å². The van der Waals surface area contributed by atoms with Gasteiger partial charge in [0.15, 0.2) is 0 Å². The number of fused-ring (bicyclic) bond motifs is 1. The Kier molecular flexibility index (Phi) is 5.08. The molecule has 0 radical (unpaired) electrons. The monoisotopic (exact) mass is 400 g/mol. The average molecular weight is 400 g/mol. The Morgan fingerprint density at radius 2 is 2.00 bits per heavy atom. The van der Waals surface area contributed by atoms with Gasteiger partial charge in [-0.3, -0.25) is 14.5 Å². The van der Waals surface area contributed by atoms with Gasteiger partial charge in [-0.15, -0.1) is 0 Å². The summed E-state index contributed by atoms with van der Waals surface area (Å²) >= 11 is 0. The van der Waals surface area contributed by atoms with E-state index in [4.69, 9.17) is 0 Å². The number of carboxylic acid groups (broad SMARTS) is 1. The maximum Gasteiger partial charge on any atom is 0.412 e. The molecule has 0 saturated carbocycles. The normalized spacial score (nSPS) is 18.3. The molecule has 9 nitrogen and oxygen atoms in total. The van der Waals surface area contributed by atoms with Gasteiger partial charge in [0.1, 0.15) is 23.6 Å². The number of carbonyl (C=O) groups excluding carboxylic acids is 2. The summed E-state index contributed by atoms with van der Waals surface area (Å²) in [5.74, 6) is -0.741. The maximum atomic E-state index is 12.4. The number of anilines is 1. The molecular weight excluding hydrogens is 376 g/mol. The number of H-pyrrole nitrogens is 1. The molecule has 154 valence electrons. The fraction of sp³-hybridized carbons (Fsp3) is 0.400. The number of nitrogens with one attached hydrogen (secondary N) is 2. The molecule has 1 aromatic heterocycles. The number of rotatable bonds is 4. The predicted octanol–water partition coefficient (Wildman–Crippen LogP) is 2.29. The van der Waals surface area contributed by atoms with Gasteiger partial charge < -0.3 is 20.1 Å². The summed E-state index contributed by atoms with van der Waals surface area (Å²) in [6, 6.07) is 7.32. The van der Waals surface area contributed by atoms with Crippen molar-refractivity contribution in [1.29, 1.82) is 0 Å². The van der Waals surface area contributed by atoms with Crippen LogP contribution in [-0.4, -0.2) is 46.7 Å². The largest absolute Gasteiger partial charge is 0.468 e. The molecule has 3 N–H and O–H groups in total. The number of ether oxygens (including phenoxy) is 1. The lowest BCUT2D eigenvalue weighted by Crippen LogP contribution is -2.56. The van der Waals surface area contributed by atoms with Crippen LogP contribution in [0.5, 0.6) is 0 Å². The Morgan fingerprint density at radius 3 is 2.62 bits per heavy atom. The molecule has 3 rings (SSSR count). The zero-order valence-corrected chi connectivity index (χ0v) is 16.8. The molecule has 1 aliphatic rings. The van der Waals surface area contributed by atoms with Gasteiger partial charge in [-0.2, -0.15) is 0 Å². The van der Waals surface area contributed by atoms with Crippen molar-refractivity contribution >= 4 is 23.7 Å². The maximum absolute atomic E-state index is 12.4. The zero-order chi connectivity index (χ0) is 21.4. The Morgan fingerprint density at radius 1 is 1.31 bits per heavy atom. The number of aromatic nitrogens is 2. The molecule has 29 heavy (non-hydrogen) atoms. The number of esters is 1. The molecular formula is C20H24N4O5. The van der Waals surface area contributed by atoms with E-state index in [1.807, 2.05) is 32.9 Å². The summed E-state index contributed by atoms with van der Waals surface area (Å²) in [4.78, 5) is 44.6. The highest BCUT2D eigenvalue weighted by Gasteiger charge is 2.57. The van der Waals surface area contributed by atoms with Gasteiger partial charge >= 0.3 is 12.1 Å². The van der Waals surface area contributed by atoms with Crippen LogP contribution in [0.4, 0.5) is 10.5 Å². The first-order chi connectivity index (χ1) is 13.6. The van der Waals surface area contributed by atoms with Gasteiger partial charge in [0, 0.05) is 6.42 Å². The van der Waals surface area contributed by atoms with Crippen molar-refractivity contribution in [3.8, 4) is 0 Å². The average Bonchev–Trinajstić information content (AvgIpc) is 3.28. The number of methoxy groups -OCH3 is 1. The third kappa shape index (κ3) is 3.32. The lowest BCUT2D eigenvalue weighted by Gasteiger charge is -2.45. The van der Waals surface area contributed by atoms with Crippen LogP contribution in [0.25, 0.3) is 0 Å². The van der Waals surface area contributed by atoms with Crippen molar-refractivity contribution in [1.82, 2.24) is 15.3 Å². The van der Waals surface area contributed by atoms with Crippen LogP contribution in [0.3, 0.4) is 0 Å². The van der Waals surface area contributed by atoms with E-state index in [9.17, 15) is 19.5 Å². The third-order valence-electron chi connectivity index (χ3n) is 5.33. The molecule has 0 bridgehead atoms. The molecule has 1 aromatic carbocycles. The van der Waals surface area contributed by atoms with E-state index in [1.165, 1.54) is 18.2 Å². The molecule has 1 aliphatic heterocycles. The second kappa shape index (κ2) is 7.23. The highest BCUT2D eigenvalue weighted by Crippen LogP contribution is 2.53. The third-order valence-corrected chi connectivity index (χ3v) is 5.33. The minimum absolute atomic E-state index is 0.133. The van der Waals surface area contributed by atoms with Crippen molar-refractivity contribution < 1.29 is 24.2 Å². The van der Waals surface area contributed by atoms with Crippen LogP contribution in [0.1, 0.15) is 42.6 Å². The highest BCUT2D eigenvalue weighted by atomic mass is 16.5. The first-order valence-corrected chi connectivity index (χ1v) is 9.13. The second-order valence-corrected chi connectivity index (χ2v) is 7.94. The molecule has 2 aromatic rings. The summed E-state index contributed by atoms with van der Waals surface area (Å²) in [5.41, 5.74) is 0.0283. The minimum atomic E-state index is -1.10. The molecule has 0 fully saturated rings. The number of aromatic amines is 1. The zero-order valence-electron chi connectivity index (χ0n) is 16.8. The number of carbonyl (C=O) groups is 3. The lowest BCUT2D eigenvalue weighted by molar-refractivity contribution is -0.139. The Bertz CT molecular complexity index is 962. The van der Waals surface area contributed by atoms with Crippen molar-refractivity contribution in [2.45, 2.75) is 32.7 Å².